The number of aliphatic hydroxyl groups is 1. The number of hydrogen-bond acceptors (Lipinski definition) is 3. The number of fused-ring (bicyclic) bond motifs is 1. The summed E-state index contributed by atoms with van der Waals surface area (Å²) in [5.41, 5.74) is 0. The second-order valence-corrected chi connectivity index (χ2v) is 6.96. The third kappa shape index (κ3) is 4.11. The molecule has 21 heavy (non-hydrogen) atoms. The van der Waals surface area contributed by atoms with Crippen LogP contribution in [-0.2, 0) is 4.79 Å². The van der Waals surface area contributed by atoms with Crippen LogP contribution in [0.15, 0.2) is 0 Å². The maximum absolute atomic E-state index is 12.3. The molecule has 0 aromatic heterocycles. The number of hydrogen-bond donors (Lipinski definition) is 3. The molecule has 1 heterocycles. The summed E-state index contributed by atoms with van der Waals surface area (Å²) < 4.78 is 0. The van der Waals surface area contributed by atoms with E-state index in [9.17, 15) is 9.90 Å². The van der Waals surface area contributed by atoms with Crippen LogP contribution in [0.2, 0.25) is 0 Å². The smallest absolute Gasteiger partial charge is 0.237 e. The topological polar surface area (TPSA) is 61.4 Å². The van der Waals surface area contributed by atoms with Crippen molar-refractivity contribution in [2.75, 3.05) is 6.54 Å². The normalized spacial score (nSPS) is 39.2. The van der Waals surface area contributed by atoms with Gasteiger partial charge in [-0.3, -0.25) is 4.79 Å². The lowest BCUT2D eigenvalue weighted by Gasteiger charge is -2.28. The minimum absolute atomic E-state index is 0. The number of carbonyl (C=O) groups is 1. The van der Waals surface area contributed by atoms with Gasteiger partial charge in [0.15, 0.2) is 0 Å². The van der Waals surface area contributed by atoms with Gasteiger partial charge in [-0.25, -0.2) is 0 Å². The van der Waals surface area contributed by atoms with Crippen LogP contribution in [0.4, 0.5) is 0 Å². The molecule has 1 aliphatic heterocycles. The molecule has 0 radical (unpaired) electrons. The highest BCUT2D eigenvalue weighted by molar-refractivity contribution is 5.85. The molecule has 2 saturated carbocycles. The molecule has 1 saturated heterocycles. The van der Waals surface area contributed by atoms with E-state index in [0.29, 0.717) is 18.5 Å². The fraction of sp³-hybridized carbons (Fsp3) is 0.938. The zero-order valence-electron chi connectivity index (χ0n) is 12.7. The van der Waals surface area contributed by atoms with E-state index in [-0.39, 0.29) is 36.4 Å². The Labute approximate surface area is 133 Å². The van der Waals surface area contributed by atoms with Crippen LogP contribution in [0.25, 0.3) is 0 Å². The van der Waals surface area contributed by atoms with Crippen LogP contribution < -0.4 is 10.6 Å². The summed E-state index contributed by atoms with van der Waals surface area (Å²) in [7, 11) is 0. The highest BCUT2D eigenvalue weighted by Gasteiger charge is 2.38. The van der Waals surface area contributed by atoms with Crippen molar-refractivity contribution >= 4 is 18.3 Å². The monoisotopic (exact) mass is 316 g/mol. The van der Waals surface area contributed by atoms with Gasteiger partial charge in [-0.1, -0.05) is 25.7 Å². The Morgan fingerprint density at radius 2 is 1.81 bits per heavy atom. The van der Waals surface area contributed by atoms with Gasteiger partial charge in [0, 0.05) is 18.5 Å². The molecule has 3 N–H and O–H groups in total. The highest BCUT2D eigenvalue weighted by Crippen LogP contribution is 2.33. The van der Waals surface area contributed by atoms with Gasteiger partial charge in [-0.05, 0) is 38.0 Å². The van der Waals surface area contributed by atoms with Crippen molar-refractivity contribution in [2.45, 2.75) is 76.0 Å². The summed E-state index contributed by atoms with van der Waals surface area (Å²) in [4.78, 5) is 12.3. The molecular formula is C16H29ClN2O2. The number of halogens is 1. The van der Waals surface area contributed by atoms with Gasteiger partial charge in [-0.2, -0.15) is 0 Å². The molecule has 0 spiro atoms. The van der Waals surface area contributed by atoms with Gasteiger partial charge in [0.1, 0.15) is 0 Å². The molecule has 5 atom stereocenters. The molecule has 5 heteroatoms. The van der Waals surface area contributed by atoms with Crippen LogP contribution in [0.5, 0.6) is 0 Å². The van der Waals surface area contributed by atoms with Crippen molar-refractivity contribution < 1.29 is 9.90 Å². The summed E-state index contributed by atoms with van der Waals surface area (Å²) >= 11 is 0. The van der Waals surface area contributed by atoms with E-state index in [4.69, 9.17) is 0 Å². The Hall–Kier alpha value is -0.320. The molecule has 2 aliphatic carbocycles. The maximum atomic E-state index is 12.3. The summed E-state index contributed by atoms with van der Waals surface area (Å²) in [5, 5.41) is 16.5. The van der Waals surface area contributed by atoms with Crippen molar-refractivity contribution in [3.8, 4) is 0 Å². The van der Waals surface area contributed by atoms with Gasteiger partial charge < -0.3 is 15.7 Å². The van der Waals surface area contributed by atoms with E-state index in [2.05, 4.69) is 10.6 Å². The lowest BCUT2D eigenvalue weighted by molar-refractivity contribution is -0.123. The Morgan fingerprint density at radius 3 is 2.57 bits per heavy atom. The van der Waals surface area contributed by atoms with Gasteiger partial charge in [0.25, 0.3) is 0 Å². The van der Waals surface area contributed by atoms with Gasteiger partial charge in [0.05, 0.1) is 12.1 Å². The molecule has 0 aromatic rings. The predicted octanol–water partition coefficient (Wildman–Crippen LogP) is 2.00. The first-order valence-corrected chi connectivity index (χ1v) is 8.46. The third-order valence-electron chi connectivity index (χ3n) is 5.59. The maximum Gasteiger partial charge on any atom is 0.237 e. The first kappa shape index (κ1) is 17.0. The van der Waals surface area contributed by atoms with Crippen LogP contribution in [0, 0.1) is 11.8 Å². The Bertz CT molecular complexity index is 339. The molecule has 3 fully saturated rings. The zero-order chi connectivity index (χ0) is 13.9. The summed E-state index contributed by atoms with van der Waals surface area (Å²) in [6, 6.07) is 0.573. The van der Waals surface area contributed by atoms with Crippen molar-refractivity contribution in [3.05, 3.63) is 0 Å². The second kappa shape index (κ2) is 7.80. The SMILES string of the molecule is Cl.O=C(NCC1CCCCC1O)C1CC2CCCCC2N1. The van der Waals surface area contributed by atoms with E-state index in [1.165, 1.54) is 32.1 Å². The fourth-order valence-electron chi connectivity index (χ4n) is 4.30. The first-order valence-electron chi connectivity index (χ1n) is 8.46. The summed E-state index contributed by atoms with van der Waals surface area (Å²) in [5.74, 6) is 1.12. The minimum Gasteiger partial charge on any atom is -0.393 e. The number of amides is 1. The van der Waals surface area contributed by atoms with Crippen LogP contribution in [0.3, 0.4) is 0 Å². The standard InChI is InChI=1S/C16H28N2O2.ClH/c19-15-8-4-2-6-12(15)10-17-16(20)14-9-11-5-1-3-7-13(11)18-14;/h11-15,18-19H,1-10H2,(H,17,20);1H. The summed E-state index contributed by atoms with van der Waals surface area (Å²) in [6.07, 6.45) is 10.2. The molecule has 122 valence electrons. The highest BCUT2D eigenvalue weighted by atomic mass is 35.5. The van der Waals surface area contributed by atoms with E-state index in [0.717, 1.165) is 25.7 Å². The van der Waals surface area contributed by atoms with E-state index >= 15 is 0 Å². The summed E-state index contributed by atoms with van der Waals surface area (Å²) in [6.45, 7) is 0.646. The van der Waals surface area contributed by atoms with Crippen LogP contribution in [0.1, 0.15) is 57.8 Å². The average molecular weight is 317 g/mol. The van der Waals surface area contributed by atoms with Crippen molar-refractivity contribution in [1.29, 1.82) is 0 Å². The lowest BCUT2D eigenvalue weighted by atomic mass is 9.85. The Kier molecular flexibility index (Phi) is 6.33. The van der Waals surface area contributed by atoms with Crippen LogP contribution in [-0.4, -0.2) is 35.7 Å². The van der Waals surface area contributed by atoms with Crippen molar-refractivity contribution in [3.63, 3.8) is 0 Å². The molecule has 0 aromatic carbocycles. The molecular weight excluding hydrogens is 288 g/mol. The molecule has 5 unspecified atom stereocenters. The molecule has 0 bridgehead atoms. The number of carbonyl (C=O) groups excluding carboxylic acids is 1. The average Bonchev–Trinajstić information content (AvgIpc) is 2.90. The number of nitrogens with one attached hydrogen (secondary N) is 2. The first-order chi connectivity index (χ1) is 9.74. The van der Waals surface area contributed by atoms with Crippen LogP contribution >= 0.6 is 12.4 Å². The fourth-order valence-corrected chi connectivity index (χ4v) is 4.30. The van der Waals surface area contributed by atoms with Gasteiger partial charge >= 0.3 is 0 Å². The Morgan fingerprint density at radius 1 is 1.10 bits per heavy atom. The Balaban J connectivity index is 0.00000161. The van der Waals surface area contributed by atoms with Crippen molar-refractivity contribution in [2.24, 2.45) is 11.8 Å². The van der Waals surface area contributed by atoms with Crippen molar-refractivity contribution in [1.82, 2.24) is 10.6 Å². The second-order valence-electron chi connectivity index (χ2n) is 6.96. The molecule has 3 rings (SSSR count). The van der Waals surface area contributed by atoms with E-state index in [1.54, 1.807) is 0 Å². The third-order valence-corrected chi connectivity index (χ3v) is 5.59. The van der Waals surface area contributed by atoms with Gasteiger partial charge in [0.2, 0.25) is 5.91 Å². The lowest BCUT2D eigenvalue weighted by Crippen LogP contribution is -2.46. The van der Waals surface area contributed by atoms with E-state index in [1.807, 2.05) is 0 Å². The van der Waals surface area contributed by atoms with Gasteiger partial charge in [-0.15, -0.1) is 12.4 Å². The zero-order valence-corrected chi connectivity index (χ0v) is 13.5. The molecule has 1 amide bonds. The minimum atomic E-state index is -0.219. The quantitative estimate of drug-likeness (QED) is 0.746. The predicted molar refractivity (Wildman–Crippen MR) is 85.5 cm³/mol. The largest absolute Gasteiger partial charge is 0.393 e. The molecule has 4 nitrogen and oxygen atoms in total. The number of aliphatic hydroxyl groups excluding tert-OH is 1. The van der Waals surface area contributed by atoms with E-state index < -0.39 is 0 Å². The number of rotatable bonds is 3. The molecule has 3 aliphatic rings.